The maximum absolute atomic E-state index is 4.27. The lowest BCUT2D eigenvalue weighted by Crippen LogP contribution is -2.20. The van der Waals surface area contributed by atoms with E-state index < -0.39 is 0 Å². The summed E-state index contributed by atoms with van der Waals surface area (Å²) in [5.41, 5.74) is 0. The van der Waals surface area contributed by atoms with Crippen molar-refractivity contribution in [2.45, 2.75) is 18.9 Å². The Balaban J connectivity index is 2.15. The topological polar surface area (TPSA) is 16.1 Å². The Hall–Kier alpha value is -1.05. The van der Waals surface area contributed by atoms with Gasteiger partial charge in [-0.05, 0) is 25.0 Å². The first kappa shape index (κ1) is 6.65. The second-order valence-corrected chi connectivity index (χ2v) is 3.03. The second-order valence-electron chi connectivity index (χ2n) is 3.03. The highest BCUT2D eigenvalue weighted by atomic mass is 15.2. The van der Waals surface area contributed by atoms with Gasteiger partial charge in [0.05, 0.1) is 0 Å². The molecule has 0 aromatic carbocycles. The monoisotopic (exact) mass is 148 g/mol. The van der Waals surface area contributed by atoms with E-state index in [4.69, 9.17) is 0 Å². The molecule has 58 valence electrons. The van der Waals surface area contributed by atoms with Crippen molar-refractivity contribution in [2.75, 3.05) is 11.9 Å². The first-order valence-electron chi connectivity index (χ1n) is 4.02. The van der Waals surface area contributed by atoms with Crippen LogP contribution in [0, 0.1) is 0 Å². The minimum atomic E-state index is 0.755. The summed E-state index contributed by atoms with van der Waals surface area (Å²) in [4.78, 5) is 6.52. The van der Waals surface area contributed by atoms with E-state index in [-0.39, 0.29) is 0 Å². The highest BCUT2D eigenvalue weighted by Gasteiger charge is 2.26. The number of anilines is 1. The number of pyridine rings is 1. The fourth-order valence-corrected chi connectivity index (χ4v) is 1.21. The van der Waals surface area contributed by atoms with E-state index in [1.54, 1.807) is 0 Å². The molecule has 1 aliphatic carbocycles. The number of hydrogen-bond donors (Lipinski definition) is 0. The predicted molar refractivity (Wildman–Crippen MR) is 45.7 cm³/mol. The highest BCUT2D eigenvalue weighted by molar-refractivity contribution is 5.39. The molecule has 0 saturated heterocycles. The van der Waals surface area contributed by atoms with Gasteiger partial charge in [0, 0.05) is 19.3 Å². The Kier molecular flexibility index (Phi) is 1.53. The molecule has 1 aromatic heterocycles. The van der Waals surface area contributed by atoms with Gasteiger partial charge in [0.25, 0.3) is 0 Å². The minimum absolute atomic E-state index is 0.755. The van der Waals surface area contributed by atoms with Crippen LogP contribution in [0.3, 0.4) is 0 Å². The van der Waals surface area contributed by atoms with Gasteiger partial charge in [-0.2, -0.15) is 0 Å². The summed E-state index contributed by atoms with van der Waals surface area (Å²) < 4.78 is 0. The Morgan fingerprint density at radius 1 is 1.45 bits per heavy atom. The van der Waals surface area contributed by atoms with Gasteiger partial charge in [-0.15, -0.1) is 0 Å². The Morgan fingerprint density at radius 2 is 2.27 bits per heavy atom. The normalized spacial score (nSPS) is 16.5. The van der Waals surface area contributed by atoms with Gasteiger partial charge < -0.3 is 4.90 Å². The van der Waals surface area contributed by atoms with Crippen LogP contribution < -0.4 is 4.90 Å². The lowest BCUT2D eigenvalue weighted by Gasteiger charge is -2.16. The van der Waals surface area contributed by atoms with E-state index in [1.807, 2.05) is 18.3 Å². The van der Waals surface area contributed by atoms with E-state index in [0.717, 1.165) is 11.9 Å². The quantitative estimate of drug-likeness (QED) is 0.634. The molecule has 1 heterocycles. The molecule has 0 spiro atoms. The van der Waals surface area contributed by atoms with Gasteiger partial charge in [-0.25, -0.2) is 4.98 Å². The molecular weight excluding hydrogens is 136 g/mol. The van der Waals surface area contributed by atoms with Gasteiger partial charge in [0.1, 0.15) is 5.82 Å². The molecule has 0 amide bonds. The molecule has 0 atom stereocenters. The number of hydrogen-bond acceptors (Lipinski definition) is 2. The number of rotatable bonds is 2. The summed E-state index contributed by atoms with van der Waals surface area (Å²) in [6.07, 6.45) is 4.49. The van der Waals surface area contributed by atoms with E-state index >= 15 is 0 Å². The lowest BCUT2D eigenvalue weighted by molar-refractivity contribution is 0.892. The van der Waals surface area contributed by atoms with Crippen molar-refractivity contribution in [3.63, 3.8) is 0 Å². The van der Waals surface area contributed by atoms with Gasteiger partial charge in [0.2, 0.25) is 0 Å². The van der Waals surface area contributed by atoms with Crippen LogP contribution in [0.2, 0.25) is 0 Å². The van der Waals surface area contributed by atoms with Crippen molar-refractivity contribution in [2.24, 2.45) is 0 Å². The second kappa shape index (κ2) is 2.53. The molecule has 0 N–H and O–H groups in total. The van der Waals surface area contributed by atoms with Crippen LogP contribution in [0.5, 0.6) is 0 Å². The summed E-state index contributed by atoms with van der Waals surface area (Å²) in [5.74, 6) is 1.09. The van der Waals surface area contributed by atoms with Crippen LogP contribution in [0.15, 0.2) is 24.4 Å². The Morgan fingerprint density at radius 3 is 2.82 bits per heavy atom. The van der Waals surface area contributed by atoms with E-state index in [0.29, 0.717) is 0 Å². The van der Waals surface area contributed by atoms with E-state index in [9.17, 15) is 0 Å². The van der Waals surface area contributed by atoms with Gasteiger partial charge in [-0.1, -0.05) is 6.07 Å². The molecule has 0 radical (unpaired) electrons. The van der Waals surface area contributed by atoms with Gasteiger partial charge >= 0.3 is 0 Å². The maximum Gasteiger partial charge on any atom is 0.128 e. The maximum atomic E-state index is 4.27. The highest BCUT2D eigenvalue weighted by Crippen LogP contribution is 2.28. The molecule has 1 saturated carbocycles. The van der Waals surface area contributed by atoms with Crippen LogP contribution in [0.25, 0.3) is 0 Å². The zero-order chi connectivity index (χ0) is 7.68. The third-order valence-electron chi connectivity index (χ3n) is 2.11. The Labute approximate surface area is 66.9 Å². The predicted octanol–water partition coefficient (Wildman–Crippen LogP) is 1.68. The summed E-state index contributed by atoms with van der Waals surface area (Å²) in [6, 6.07) is 6.79. The Bertz CT molecular complexity index is 229. The molecule has 2 rings (SSSR count). The fraction of sp³-hybridized carbons (Fsp3) is 0.444. The van der Waals surface area contributed by atoms with Crippen molar-refractivity contribution < 1.29 is 0 Å². The van der Waals surface area contributed by atoms with Crippen LogP contribution in [-0.2, 0) is 0 Å². The number of nitrogens with zero attached hydrogens (tertiary/aromatic N) is 2. The lowest BCUT2D eigenvalue weighted by atomic mass is 10.4. The van der Waals surface area contributed by atoms with Crippen LogP contribution in [0.4, 0.5) is 5.82 Å². The summed E-state index contributed by atoms with van der Waals surface area (Å²) in [7, 11) is 2.11. The molecular formula is C9H12N2. The van der Waals surface area contributed by atoms with E-state index in [2.05, 4.69) is 23.0 Å². The van der Waals surface area contributed by atoms with Gasteiger partial charge in [-0.3, -0.25) is 0 Å². The van der Waals surface area contributed by atoms with Crippen molar-refractivity contribution in [3.05, 3.63) is 24.4 Å². The smallest absolute Gasteiger partial charge is 0.128 e. The van der Waals surface area contributed by atoms with Gasteiger partial charge in [0.15, 0.2) is 0 Å². The molecule has 2 heteroatoms. The third kappa shape index (κ3) is 1.34. The SMILES string of the molecule is CN(c1ccccn1)C1CC1. The first-order chi connectivity index (χ1) is 5.38. The standard InChI is InChI=1S/C9H12N2/c1-11(8-5-6-8)9-4-2-3-7-10-9/h2-4,7-8H,5-6H2,1H3. The number of aromatic nitrogens is 1. The van der Waals surface area contributed by atoms with Crippen molar-refractivity contribution in [1.29, 1.82) is 0 Å². The van der Waals surface area contributed by atoms with Crippen molar-refractivity contribution >= 4 is 5.82 Å². The van der Waals surface area contributed by atoms with Crippen LogP contribution >= 0.6 is 0 Å². The molecule has 1 aliphatic rings. The zero-order valence-corrected chi connectivity index (χ0v) is 6.70. The van der Waals surface area contributed by atoms with Crippen LogP contribution in [0.1, 0.15) is 12.8 Å². The average Bonchev–Trinajstić information content (AvgIpc) is 2.87. The third-order valence-corrected chi connectivity index (χ3v) is 2.11. The summed E-state index contributed by atoms with van der Waals surface area (Å²) in [5, 5.41) is 0. The zero-order valence-electron chi connectivity index (χ0n) is 6.70. The molecule has 1 aromatic rings. The molecule has 0 aliphatic heterocycles. The average molecular weight is 148 g/mol. The molecule has 11 heavy (non-hydrogen) atoms. The minimum Gasteiger partial charge on any atom is -0.357 e. The van der Waals surface area contributed by atoms with Crippen molar-refractivity contribution in [1.82, 2.24) is 4.98 Å². The van der Waals surface area contributed by atoms with Crippen LogP contribution in [-0.4, -0.2) is 18.1 Å². The first-order valence-corrected chi connectivity index (χ1v) is 4.02. The molecule has 1 fully saturated rings. The molecule has 0 bridgehead atoms. The molecule has 2 nitrogen and oxygen atoms in total. The molecule has 0 unspecified atom stereocenters. The van der Waals surface area contributed by atoms with E-state index in [1.165, 1.54) is 12.8 Å². The largest absolute Gasteiger partial charge is 0.357 e. The summed E-state index contributed by atoms with van der Waals surface area (Å²) >= 11 is 0. The summed E-state index contributed by atoms with van der Waals surface area (Å²) in [6.45, 7) is 0. The fourth-order valence-electron chi connectivity index (χ4n) is 1.21. The van der Waals surface area contributed by atoms with Crippen molar-refractivity contribution in [3.8, 4) is 0 Å².